The van der Waals surface area contributed by atoms with Gasteiger partial charge in [-0.1, -0.05) is 35.3 Å². The van der Waals surface area contributed by atoms with Crippen LogP contribution < -0.4 is 10.1 Å². The van der Waals surface area contributed by atoms with Gasteiger partial charge in [0.2, 0.25) is 5.91 Å². The molecule has 162 valence electrons. The second-order valence-corrected chi connectivity index (χ2v) is 8.31. The van der Waals surface area contributed by atoms with E-state index in [9.17, 15) is 4.79 Å². The van der Waals surface area contributed by atoms with E-state index >= 15 is 0 Å². The number of ether oxygens (including phenoxy) is 1. The number of allylic oxidation sites excluding steroid dienone is 1. The fourth-order valence-corrected chi connectivity index (χ4v) is 3.96. The van der Waals surface area contributed by atoms with Crippen LogP contribution in [0.15, 0.2) is 71.4 Å². The Hall–Kier alpha value is -3.21. The van der Waals surface area contributed by atoms with Crippen molar-refractivity contribution < 1.29 is 13.9 Å². The number of fused-ring (bicyclic) bond motifs is 1. The fraction of sp³-hybridized carbons (Fsp3) is 0.115. The van der Waals surface area contributed by atoms with E-state index in [1.807, 2.05) is 44.2 Å². The number of benzene rings is 3. The van der Waals surface area contributed by atoms with E-state index in [4.69, 9.17) is 32.4 Å². The van der Waals surface area contributed by atoms with Crippen molar-refractivity contribution in [2.24, 2.45) is 0 Å². The van der Waals surface area contributed by atoms with Crippen LogP contribution in [0.3, 0.4) is 0 Å². The van der Waals surface area contributed by atoms with Crippen molar-refractivity contribution in [3.8, 4) is 16.9 Å². The first kappa shape index (κ1) is 22.0. The number of carbonyl (C=O) groups excluding carboxylic acids is 1. The second-order valence-electron chi connectivity index (χ2n) is 7.44. The van der Waals surface area contributed by atoms with Gasteiger partial charge in [-0.3, -0.25) is 4.79 Å². The van der Waals surface area contributed by atoms with Gasteiger partial charge in [0.1, 0.15) is 11.3 Å². The van der Waals surface area contributed by atoms with Crippen LogP contribution in [0.5, 0.6) is 5.75 Å². The summed E-state index contributed by atoms with van der Waals surface area (Å²) in [6, 6.07) is 16.6. The highest BCUT2D eigenvalue weighted by atomic mass is 35.5. The lowest BCUT2D eigenvalue weighted by molar-refractivity contribution is -0.111. The number of methoxy groups -OCH3 is 1. The molecule has 0 radical (unpaired) electrons. The van der Waals surface area contributed by atoms with Gasteiger partial charge >= 0.3 is 0 Å². The SMILES string of the molecule is COc1c(/C(C)=C/C(=O)Nc2ccc(Cl)cc2)cc2c(-c3ccc(Cl)cc3)coc2c1C. The molecule has 3 aromatic carbocycles. The van der Waals surface area contributed by atoms with Gasteiger partial charge in [0, 0.05) is 43.9 Å². The third-order valence-corrected chi connectivity index (χ3v) is 5.79. The quantitative estimate of drug-likeness (QED) is 0.306. The first-order valence-electron chi connectivity index (χ1n) is 9.97. The van der Waals surface area contributed by atoms with Crippen molar-refractivity contribution in [1.29, 1.82) is 0 Å². The normalized spacial score (nSPS) is 11.6. The first-order valence-corrected chi connectivity index (χ1v) is 10.7. The molecule has 6 heteroatoms. The number of rotatable bonds is 5. The highest BCUT2D eigenvalue weighted by molar-refractivity contribution is 6.31. The van der Waals surface area contributed by atoms with E-state index < -0.39 is 0 Å². The predicted molar refractivity (Wildman–Crippen MR) is 132 cm³/mol. The Morgan fingerprint density at radius 2 is 1.66 bits per heavy atom. The van der Waals surface area contributed by atoms with Crippen LogP contribution in [0.2, 0.25) is 10.0 Å². The molecule has 4 rings (SSSR count). The number of nitrogens with one attached hydrogen (secondary N) is 1. The van der Waals surface area contributed by atoms with E-state index in [-0.39, 0.29) is 5.91 Å². The van der Waals surface area contributed by atoms with Crippen LogP contribution in [0.4, 0.5) is 5.69 Å². The van der Waals surface area contributed by atoms with Crippen LogP contribution in [0.1, 0.15) is 18.1 Å². The number of amides is 1. The molecule has 1 N–H and O–H groups in total. The average molecular weight is 466 g/mol. The molecule has 4 aromatic rings. The van der Waals surface area contributed by atoms with Crippen molar-refractivity contribution in [2.45, 2.75) is 13.8 Å². The minimum absolute atomic E-state index is 0.241. The number of carbonyl (C=O) groups is 1. The first-order chi connectivity index (χ1) is 15.4. The average Bonchev–Trinajstić information content (AvgIpc) is 3.20. The lowest BCUT2D eigenvalue weighted by Crippen LogP contribution is -2.08. The molecule has 0 aliphatic rings. The Morgan fingerprint density at radius 1 is 1.03 bits per heavy atom. The molecule has 0 aliphatic carbocycles. The third kappa shape index (κ3) is 4.38. The summed E-state index contributed by atoms with van der Waals surface area (Å²) >= 11 is 12.0. The number of furan rings is 1. The molecule has 0 saturated carbocycles. The molecule has 1 aromatic heterocycles. The number of hydrogen-bond acceptors (Lipinski definition) is 3. The number of hydrogen-bond donors (Lipinski definition) is 1. The fourth-order valence-electron chi connectivity index (χ4n) is 3.71. The summed E-state index contributed by atoms with van der Waals surface area (Å²) in [5, 5.41) is 5.07. The summed E-state index contributed by atoms with van der Waals surface area (Å²) in [7, 11) is 1.61. The molecule has 0 fully saturated rings. The van der Waals surface area contributed by atoms with Crippen LogP contribution in [-0.2, 0) is 4.79 Å². The minimum atomic E-state index is -0.241. The van der Waals surface area contributed by atoms with Crippen molar-refractivity contribution in [3.63, 3.8) is 0 Å². The Labute approximate surface area is 196 Å². The zero-order chi connectivity index (χ0) is 22.8. The van der Waals surface area contributed by atoms with E-state index in [2.05, 4.69) is 5.32 Å². The summed E-state index contributed by atoms with van der Waals surface area (Å²) in [5.41, 5.74) is 5.80. The van der Waals surface area contributed by atoms with Gasteiger partial charge in [0.25, 0.3) is 0 Å². The van der Waals surface area contributed by atoms with Gasteiger partial charge in [-0.05, 0) is 67.4 Å². The number of anilines is 1. The van der Waals surface area contributed by atoms with Crippen molar-refractivity contribution in [2.75, 3.05) is 12.4 Å². The monoisotopic (exact) mass is 465 g/mol. The molecule has 0 bridgehead atoms. The second kappa shape index (κ2) is 9.11. The largest absolute Gasteiger partial charge is 0.496 e. The van der Waals surface area contributed by atoms with E-state index in [1.165, 1.54) is 0 Å². The maximum absolute atomic E-state index is 12.6. The van der Waals surface area contributed by atoms with Crippen molar-refractivity contribution in [1.82, 2.24) is 0 Å². The molecule has 0 saturated heterocycles. The zero-order valence-corrected chi connectivity index (χ0v) is 19.3. The Morgan fingerprint density at radius 3 is 2.28 bits per heavy atom. The van der Waals surface area contributed by atoms with Crippen molar-refractivity contribution in [3.05, 3.63) is 88.1 Å². The lowest BCUT2D eigenvalue weighted by atomic mass is 9.96. The predicted octanol–water partition coefficient (Wildman–Crippen LogP) is 7.77. The molecule has 0 unspecified atom stereocenters. The molecule has 0 spiro atoms. The standard InChI is InChI=1S/C26H21Cl2NO3/c1-15(12-24(30)29-20-10-8-19(28)9-11-20)21-13-22-23(17-4-6-18(27)7-5-17)14-32-26(22)16(2)25(21)31-3/h4-14H,1-3H3,(H,29,30)/b15-12+. The maximum Gasteiger partial charge on any atom is 0.248 e. The third-order valence-electron chi connectivity index (χ3n) is 5.29. The number of halogens is 2. The van der Waals surface area contributed by atoms with E-state index in [1.54, 1.807) is 43.7 Å². The zero-order valence-electron chi connectivity index (χ0n) is 17.8. The van der Waals surface area contributed by atoms with Gasteiger partial charge in [-0.25, -0.2) is 0 Å². The minimum Gasteiger partial charge on any atom is -0.496 e. The van der Waals surface area contributed by atoms with E-state index in [0.717, 1.165) is 38.8 Å². The Kier molecular flexibility index (Phi) is 6.26. The van der Waals surface area contributed by atoms with E-state index in [0.29, 0.717) is 21.5 Å². The van der Waals surface area contributed by atoms with Crippen molar-refractivity contribution >= 4 is 51.3 Å². The highest BCUT2D eigenvalue weighted by Gasteiger charge is 2.19. The van der Waals surface area contributed by atoms with Crippen LogP contribution in [-0.4, -0.2) is 13.0 Å². The summed E-state index contributed by atoms with van der Waals surface area (Å²) in [4.78, 5) is 12.6. The summed E-state index contributed by atoms with van der Waals surface area (Å²) in [5.74, 6) is 0.428. The Bertz CT molecular complexity index is 1320. The molecule has 1 amide bonds. The molecule has 4 nitrogen and oxygen atoms in total. The highest BCUT2D eigenvalue weighted by Crippen LogP contribution is 2.40. The summed E-state index contributed by atoms with van der Waals surface area (Å²) in [6.07, 6.45) is 3.29. The molecular weight excluding hydrogens is 445 g/mol. The van der Waals surface area contributed by atoms with Gasteiger partial charge in [0.15, 0.2) is 0 Å². The number of aryl methyl sites for hydroxylation is 1. The molecule has 32 heavy (non-hydrogen) atoms. The van der Waals surface area contributed by atoms with Gasteiger partial charge < -0.3 is 14.5 Å². The molecule has 0 aliphatic heterocycles. The Balaban J connectivity index is 1.75. The maximum atomic E-state index is 12.6. The summed E-state index contributed by atoms with van der Waals surface area (Å²) in [6.45, 7) is 3.83. The van der Waals surface area contributed by atoms with Crippen LogP contribution in [0.25, 0.3) is 27.7 Å². The molecule has 0 atom stereocenters. The molecule has 1 heterocycles. The summed E-state index contributed by atoms with van der Waals surface area (Å²) < 4.78 is 11.6. The smallest absolute Gasteiger partial charge is 0.248 e. The topological polar surface area (TPSA) is 51.5 Å². The van der Waals surface area contributed by atoms with Crippen LogP contribution in [0, 0.1) is 6.92 Å². The molecular formula is C26H21Cl2NO3. The lowest BCUT2D eigenvalue weighted by Gasteiger charge is -2.13. The van der Waals surface area contributed by atoms with Gasteiger partial charge in [-0.15, -0.1) is 0 Å². The van der Waals surface area contributed by atoms with Gasteiger partial charge in [0.05, 0.1) is 13.4 Å². The van der Waals surface area contributed by atoms with Gasteiger partial charge in [-0.2, -0.15) is 0 Å². The van der Waals surface area contributed by atoms with Crippen LogP contribution >= 0.6 is 23.2 Å².